The Morgan fingerprint density at radius 1 is 1.22 bits per heavy atom. The van der Waals surface area contributed by atoms with Crippen molar-refractivity contribution >= 4 is 0 Å². The van der Waals surface area contributed by atoms with Crippen molar-refractivity contribution in [3.63, 3.8) is 0 Å². The molecule has 0 fully saturated rings. The van der Waals surface area contributed by atoms with Crippen molar-refractivity contribution in [2.24, 2.45) is 0 Å². The molecule has 0 spiro atoms. The fourth-order valence-corrected chi connectivity index (χ4v) is 2.09. The predicted octanol–water partition coefficient (Wildman–Crippen LogP) is 3.23. The van der Waals surface area contributed by atoms with Gasteiger partial charge in [0.1, 0.15) is 0 Å². The van der Waals surface area contributed by atoms with Crippen LogP contribution in [0.25, 0.3) is 11.3 Å². The zero-order valence-corrected chi connectivity index (χ0v) is 11.5. The molecule has 0 aliphatic rings. The summed E-state index contributed by atoms with van der Waals surface area (Å²) in [6.07, 6.45) is 0. The lowest BCUT2D eigenvalue weighted by Crippen LogP contribution is -2.06. The normalized spacial score (nSPS) is 11.2. The molecular weight excluding hydrogens is 222 g/mol. The highest BCUT2D eigenvalue weighted by molar-refractivity contribution is 5.64. The molecule has 2 rings (SSSR count). The molecule has 0 aliphatic heterocycles. The maximum Gasteiger partial charge on any atom is 0.0953 e. The quantitative estimate of drug-likeness (QED) is 0.865. The van der Waals surface area contributed by atoms with Gasteiger partial charge in [0.25, 0.3) is 0 Å². The van der Waals surface area contributed by atoms with E-state index in [2.05, 4.69) is 60.6 Å². The van der Waals surface area contributed by atoms with Crippen LogP contribution in [-0.4, -0.2) is 17.2 Å². The Morgan fingerprint density at radius 2 is 1.89 bits per heavy atom. The molecule has 0 saturated carbocycles. The van der Waals surface area contributed by atoms with E-state index >= 15 is 0 Å². The van der Waals surface area contributed by atoms with Crippen LogP contribution >= 0.6 is 0 Å². The van der Waals surface area contributed by atoms with E-state index in [1.165, 1.54) is 16.7 Å². The third-order valence-electron chi connectivity index (χ3n) is 3.31. The minimum Gasteiger partial charge on any atom is -0.314 e. The topological polar surface area (TPSA) is 40.7 Å². The molecule has 3 nitrogen and oxygen atoms in total. The largest absolute Gasteiger partial charge is 0.314 e. The van der Waals surface area contributed by atoms with Gasteiger partial charge in [0.2, 0.25) is 0 Å². The number of aromatic nitrogens is 2. The van der Waals surface area contributed by atoms with Crippen LogP contribution in [0.4, 0.5) is 0 Å². The summed E-state index contributed by atoms with van der Waals surface area (Å²) in [4.78, 5) is 0. The number of nitrogens with one attached hydrogen (secondary N) is 2. The molecule has 3 heteroatoms. The average Bonchev–Trinajstić information content (AvgIpc) is 2.72. The Balaban J connectivity index is 2.31. The first-order valence-corrected chi connectivity index (χ1v) is 6.42. The van der Waals surface area contributed by atoms with E-state index in [1.54, 1.807) is 0 Å². The molecule has 0 atom stereocenters. The average molecular weight is 243 g/mol. The van der Waals surface area contributed by atoms with Crippen LogP contribution in [0.2, 0.25) is 0 Å². The van der Waals surface area contributed by atoms with Crippen molar-refractivity contribution in [1.82, 2.24) is 15.5 Å². The number of benzene rings is 1. The summed E-state index contributed by atoms with van der Waals surface area (Å²) in [5.41, 5.74) is 5.97. The standard InChI is InChI=1S/C15H21N3/c1-10(2)12-5-7-13(8-6-12)15-11(3)14(9-16-4)17-18-15/h5-8,10,16H,9H2,1-4H3,(H,17,18). The Labute approximate surface area is 109 Å². The van der Waals surface area contributed by atoms with Gasteiger partial charge in [-0.2, -0.15) is 5.10 Å². The van der Waals surface area contributed by atoms with Crippen LogP contribution in [0.3, 0.4) is 0 Å². The zero-order valence-electron chi connectivity index (χ0n) is 11.5. The first kappa shape index (κ1) is 12.8. The minimum atomic E-state index is 0.569. The zero-order chi connectivity index (χ0) is 13.1. The molecular formula is C15H21N3. The number of aromatic amines is 1. The molecule has 0 amide bonds. The van der Waals surface area contributed by atoms with Gasteiger partial charge in [-0.3, -0.25) is 5.10 Å². The molecule has 0 saturated heterocycles. The van der Waals surface area contributed by atoms with Crippen LogP contribution in [0.15, 0.2) is 24.3 Å². The Kier molecular flexibility index (Phi) is 3.82. The van der Waals surface area contributed by atoms with Gasteiger partial charge in [0.15, 0.2) is 0 Å². The van der Waals surface area contributed by atoms with Crippen LogP contribution in [0.1, 0.15) is 36.6 Å². The van der Waals surface area contributed by atoms with Gasteiger partial charge >= 0.3 is 0 Å². The Hall–Kier alpha value is -1.61. The molecule has 2 aromatic rings. The number of hydrogen-bond acceptors (Lipinski definition) is 2. The smallest absolute Gasteiger partial charge is 0.0953 e. The lowest BCUT2D eigenvalue weighted by molar-refractivity contribution is 0.779. The van der Waals surface area contributed by atoms with Gasteiger partial charge in [-0.25, -0.2) is 0 Å². The molecule has 18 heavy (non-hydrogen) atoms. The molecule has 1 aromatic heterocycles. The molecule has 0 unspecified atom stereocenters. The number of H-pyrrole nitrogens is 1. The lowest BCUT2D eigenvalue weighted by Gasteiger charge is -2.06. The second-order valence-corrected chi connectivity index (χ2v) is 4.98. The summed E-state index contributed by atoms with van der Waals surface area (Å²) in [6.45, 7) is 7.35. The first-order valence-electron chi connectivity index (χ1n) is 6.42. The van der Waals surface area contributed by atoms with Gasteiger partial charge < -0.3 is 5.32 Å². The maximum atomic E-state index is 4.41. The van der Waals surface area contributed by atoms with E-state index in [9.17, 15) is 0 Å². The maximum absolute atomic E-state index is 4.41. The van der Waals surface area contributed by atoms with Crippen molar-refractivity contribution < 1.29 is 0 Å². The second kappa shape index (κ2) is 5.36. The molecule has 1 aromatic carbocycles. The van der Waals surface area contributed by atoms with E-state index < -0.39 is 0 Å². The molecule has 0 radical (unpaired) electrons. The van der Waals surface area contributed by atoms with E-state index in [0.29, 0.717) is 5.92 Å². The predicted molar refractivity (Wildman–Crippen MR) is 75.6 cm³/mol. The van der Waals surface area contributed by atoms with Gasteiger partial charge in [-0.05, 0) is 31.0 Å². The lowest BCUT2D eigenvalue weighted by atomic mass is 9.99. The first-order chi connectivity index (χ1) is 8.63. The molecule has 1 heterocycles. The highest BCUT2D eigenvalue weighted by Crippen LogP contribution is 2.25. The summed E-state index contributed by atoms with van der Waals surface area (Å²) < 4.78 is 0. The molecule has 0 bridgehead atoms. The summed E-state index contributed by atoms with van der Waals surface area (Å²) in [5, 5.41) is 10.7. The van der Waals surface area contributed by atoms with Gasteiger partial charge in [-0.1, -0.05) is 38.1 Å². The summed E-state index contributed by atoms with van der Waals surface area (Å²) in [5.74, 6) is 0.569. The van der Waals surface area contributed by atoms with Crippen molar-refractivity contribution in [3.8, 4) is 11.3 Å². The molecule has 96 valence electrons. The van der Waals surface area contributed by atoms with Crippen molar-refractivity contribution in [1.29, 1.82) is 0 Å². The summed E-state index contributed by atoms with van der Waals surface area (Å²) in [7, 11) is 1.94. The highest BCUT2D eigenvalue weighted by atomic mass is 15.1. The van der Waals surface area contributed by atoms with Crippen LogP contribution in [0, 0.1) is 6.92 Å². The number of rotatable bonds is 4. The summed E-state index contributed by atoms with van der Waals surface area (Å²) >= 11 is 0. The number of hydrogen-bond donors (Lipinski definition) is 2. The van der Waals surface area contributed by atoms with Crippen molar-refractivity contribution in [2.45, 2.75) is 33.2 Å². The Bertz CT molecular complexity index is 509. The molecule has 0 aliphatic carbocycles. The molecule has 2 N–H and O–H groups in total. The van der Waals surface area contributed by atoms with E-state index in [-0.39, 0.29) is 0 Å². The van der Waals surface area contributed by atoms with Crippen molar-refractivity contribution in [3.05, 3.63) is 41.1 Å². The van der Waals surface area contributed by atoms with Crippen LogP contribution < -0.4 is 5.32 Å². The summed E-state index contributed by atoms with van der Waals surface area (Å²) in [6, 6.07) is 8.68. The third kappa shape index (κ3) is 2.46. The highest BCUT2D eigenvalue weighted by Gasteiger charge is 2.10. The SMILES string of the molecule is CNCc1[nH]nc(-c2ccc(C(C)C)cc2)c1C. The van der Waals surface area contributed by atoms with Gasteiger partial charge in [-0.15, -0.1) is 0 Å². The van der Waals surface area contributed by atoms with Gasteiger partial charge in [0.05, 0.1) is 11.4 Å². The van der Waals surface area contributed by atoms with Gasteiger partial charge in [0, 0.05) is 12.1 Å². The number of nitrogens with zero attached hydrogens (tertiary/aromatic N) is 1. The Morgan fingerprint density at radius 3 is 2.44 bits per heavy atom. The fourth-order valence-electron chi connectivity index (χ4n) is 2.09. The van der Waals surface area contributed by atoms with Crippen molar-refractivity contribution in [2.75, 3.05) is 7.05 Å². The second-order valence-electron chi connectivity index (χ2n) is 4.98. The third-order valence-corrected chi connectivity index (χ3v) is 3.31. The monoisotopic (exact) mass is 243 g/mol. The van der Waals surface area contributed by atoms with Crippen LogP contribution in [-0.2, 0) is 6.54 Å². The minimum absolute atomic E-state index is 0.569. The van der Waals surface area contributed by atoms with Crippen LogP contribution in [0.5, 0.6) is 0 Å². The van der Waals surface area contributed by atoms with E-state index in [4.69, 9.17) is 0 Å². The van der Waals surface area contributed by atoms with E-state index in [0.717, 1.165) is 17.9 Å². The fraction of sp³-hybridized carbons (Fsp3) is 0.400. The van der Waals surface area contributed by atoms with E-state index in [1.807, 2.05) is 7.05 Å².